The molecule has 1 aliphatic rings. The van der Waals surface area contributed by atoms with Crippen molar-refractivity contribution in [1.29, 1.82) is 0 Å². The van der Waals surface area contributed by atoms with Crippen molar-refractivity contribution in [1.82, 2.24) is 9.97 Å². The molecule has 23 heavy (non-hydrogen) atoms. The monoisotopic (exact) mass is 310 g/mol. The van der Waals surface area contributed by atoms with Crippen molar-refractivity contribution in [2.24, 2.45) is 0 Å². The van der Waals surface area contributed by atoms with Crippen LogP contribution in [0.5, 0.6) is 0 Å². The Morgan fingerprint density at radius 2 is 2.04 bits per heavy atom. The summed E-state index contributed by atoms with van der Waals surface area (Å²) in [6.07, 6.45) is 4.85. The largest absolute Gasteiger partial charge is 0.341 e. The molecule has 2 aromatic rings. The number of nitrogens with one attached hydrogen (secondary N) is 1. The third kappa shape index (κ3) is 3.33. The summed E-state index contributed by atoms with van der Waals surface area (Å²) in [5.74, 6) is 0.465. The number of carbonyl (C=O) groups excluding carboxylic acids is 1. The molecule has 1 N–H and O–H groups in total. The van der Waals surface area contributed by atoms with Gasteiger partial charge in [0.05, 0.1) is 0 Å². The van der Waals surface area contributed by atoms with Crippen LogP contribution in [-0.4, -0.2) is 29.0 Å². The molecule has 5 heteroatoms. The van der Waals surface area contributed by atoms with Crippen molar-refractivity contribution in [2.75, 3.05) is 23.3 Å². The summed E-state index contributed by atoms with van der Waals surface area (Å²) in [6, 6.07) is 7.72. The molecule has 1 amide bonds. The maximum atomic E-state index is 12.6. The van der Waals surface area contributed by atoms with Gasteiger partial charge in [0.1, 0.15) is 5.69 Å². The normalized spacial score (nSPS) is 14.1. The molecule has 120 valence electrons. The van der Waals surface area contributed by atoms with Crippen LogP contribution in [-0.2, 0) is 6.42 Å². The second-order valence-corrected chi connectivity index (χ2v) is 5.85. The van der Waals surface area contributed by atoms with Gasteiger partial charge in [0.2, 0.25) is 5.95 Å². The van der Waals surface area contributed by atoms with Gasteiger partial charge >= 0.3 is 0 Å². The maximum Gasteiger partial charge on any atom is 0.274 e. The minimum Gasteiger partial charge on any atom is -0.341 e. The Morgan fingerprint density at radius 3 is 2.78 bits per heavy atom. The van der Waals surface area contributed by atoms with E-state index in [2.05, 4.69) is 27.1 Å². The lowest BCUT2D eigenvalue weighted by Crippen LogP contribution is -2.23. The molecule has 1 aliphatic heterocycles. The first-order chi connectivity index (χ1) is 11.2. The topological polar surface area (TPSA) is 58.1 Å². The minimum absolute atomic E-state index is 0.183. The van der Waals surface area contributed by atoms with Crippen LogP contribution in [0.25, 0.3) is 0 Å². The number of aromatic nitrogens is 2. The zero-order valence-corrected chi connectivity index (χ0v) is 13.7. The third-order valence-electron chi connectivity index (χ3n) is 4.24. The predicted octanol–water partition coefficient (Wildman–Crippen LogP) is 3.20. The van der Waals surface area contributed by atoms with Crippen molar-refractivity contribution >= 4 is 17.5 Å². The average molecular weight is 310 g/mol. The van der Waals surface area contributed by atoms with Gasteiger partial charge in [-0.05, 0) is 43.4 Å². The number of hydrogen-bond acceptors (Lipinski definition) is 4. The molecule has 1 aromatic heterocycles. The number of anilines is 2. The lowest BCUT2D eigenvalue weighted by molar-refractivity contribution is 0.102. The molecule has 0 atom stereocenters. The van der Waals surface area contributed by atoms with Gasteiger partial charge < -0.3 is 10.2 Å². The van der Waals surface area contributed by atoms with Crippen LogP contribution in [0, 0.1) is 6.92 Å². The Balaban J connectivity index is 1.82. The number of aryl methyl sites for hydroxylation is 2. The van der Waals surface area contributed by atoms with Gasteiger partial charge in [-0.15, -0.1) is 0 Å². The Bertz CT molecular complexity index is 708. The van der Waals surface area contributed by atoms with E-state index in [1.807, 2.05) is 25.1 Å². The van der Waals surface area contributed by atoms with Crippen molar-refractivity contribution in [2.45, 2.75) is 33.1 Å². The Labute approximate surface area is 136 Å². The van der Waals surface area contributed by atoms with Crippen molar-refractivity contribution in [3.05, 3.63) is 47.3 Å². The van der Waals surface area contributed by atoms with E-state index in [1.165, 1.54) is 0 Å². The number of carbonyl (C=O) groups is 1. The van der Waals surface area contributed by atoms with Crippen LogP contribution in [0.3, 0.4) is 0 Å². The standard InChI is InChI=1S/C18H22N4O/c1-3-14-8-6-7-13(2)16(14)21-17(23)15-9-10-19-18(20-15)22-11-4-5-12-22/h6-10H,3-5,11-12H2,1-2H3,(H,21,23). The Hall–Kier alpha value is -2.43. The van der Waals surface area contributed by atoms with E-state index in [-0.39, 0.29) is 5.91 Å². The summed E-state index contributed by atoms with van der Waals surface area (Å²) in [5.41, 5.74) is 3.49. The van der Waals surface area contributed by atoms with E-state index >= 15 is 0 Å². The van der Waals surface area contributed by atoms with Gasteiger partial charge in [-0.2, -0.15) is 0 Å². The summed E-state index contributed by atoms with van der Waals surface area (Å²) in [4.78, 5) is 23.4. The molecule has 0 saturated carbocycles. The summed E-state index contributed by atoms with van der Waals surface area (Å²) >= 11 is 0. The van der Waals surface area contributed by atoms with Gasteiger partial charge in [-0.1, -0.05) is 25.1 Å². The highest BCUT2D eigenvalue weighted by Crippen LogP contribution is 2.22. The summed E-state index contributed by atoms with van der Waals surface area (Å²) in [6.45, 7) is 6.01. The van der Waals surface area contributed by atoms with Crippen LogP contribution in [0.15, 0.2) is 30.5 Å². The molecule has 0 unspecified atom stereocenters. The van der Waals surface area contributed by atoms with Crippen molar-refractivity contribution in [3.8, 4) is 0 Å². The molecule has 2 heterocycles. The fourth-order valence-corrected chi connectivity index (χ4v) is 2.92. The molecular formula is C18H22N4O. The third-order valence-corrected chi connectivity index (χ3v) is 4.24. The fraction of sp³-hybridized carbons (Fsp3) is 0.389. The summed E-state index contributed by atoms with van der Waals surface area (Å²) < 4.78 is 0. The molecule has 1 aromatic carbocycles. The predicted molar refractivity (Wildman–Crippen MR) is 92.0 cm³/mol. The van der Waals surface area contributed by atoms with Gasteiger partial charge in [0.25, 0.3) is 5.91 Å². The first-order valence-corrected chi connectivity index (χ1v) is 8.17. The second kappa shape index (κ2) is 6.77. The van der Waals surface area contributed by atoms with E-state index < -0.39 is 0 Å². The molecule has 1 saturated heterocycles. The number of nitrogens with zero attached hydrogens (tertiary/aromatic N) is 3. The molecule has 3 rings (SSSR count). The van der Waals surface area contributed by atoms with E-state index in [0.717, 1.165) is 49.2 Å². The van der Waals surface area contributed by atoms with E-state index in [1.54, 1.807) is 12.3 Å². The summed E-state index contributed by atoms with van der Waals surface area (Å²) in [5, 5.41) is 3.02. The number of hydrogen-bond donors (Lipinski definition) is 1. The Kier molecular flexibility index (Phi) is 4.55. The highest BCUT2D eigenvalue weighted by atomic mass is 16.1. The molecule has 0 spiro atoms. The molecular weight excluding hydrogens is 288 g/mol. The summed E-state index contributed by atoms with van der Waals surface area (Å²) in [7, 11) is 0. The van der Waals surface area contributed by atoms with Crippen molar-refractivity contribution in [3.63, 3.8) is 0 Å². The highest BCUT2D eigenvalue weighted by Gasteiger charge is 2.17. The Morgan fingerprint density at radius 1 is 1.26 bits per heavy atom. The van der Waals surface area contributed by atoms with Crippen LogP contribution in [0.4, 0.5) is 11.6 Å². The zero-order valence-electron chi connectivity index (χ0n) is 13.7. The number of benzene rings is 1. The van der Waals surface area contributed by atoms with Crippen molar-refractivity contribution < 1.29 is 4.79 Å². The van der Waals surface area contributed by atoms with Gasteiger partial charge in [0, 0.05) is 25.0 Å². The van der Waals surface area contributed by atoms with Crippen LogP contribution >= 0.6 is 0 Å². The molecule has 0 aliphatic carbocycles. The second-order valence-electron chi connectivity index (χ2n) is 5.85. The smallest absolute Gasteiger partial charge is 0.274 e. The quantitative estimate of drug-likeness (QED) is 0.942. The van der Waals surface area contributed by atoms with E-state index in [4.69, 9.17) is 0 Å². The van der Waals surface area contributed by atoms with E-state index in [0.29, 0.717) is 11.6 Å². The molecule has 0 radical (unpaired) electrons. The highest BCUT2D eigenvalue weighted by molar-refractivity contribution is 6.03. The molecule has 5 nitrogen and oxygen atoms in total. The number of amides is 1. The van der Waals surface area contributed by atoms with Crippen LogP contribution in [0.1, 0.15) is 41.4 Å². The SMILES string of the molecule is CCc1cccc(C)c1NC(=O)c1ccnc(N2CCCC2)n1. The van der Waals surface area contributed by atoms with E-state index in [9.17, 15) is 4.79 Å². The van der Waals surface area contributed by atoms with Crippen LogP contribution in [0.2, 0.25) is 0 Å². The first-order valence-electron chi connectivity index (χ1n) is 8.17. The zero-order chi connectivity index (χ0) is 16.2. The van der Waals surface area contributed by atoms with Crippen LogP contribution < -0.4 is 10.2 Å². The lowest BCUT2D eigenvalue weighted by atomic mass is 10.1. The molecule has 1 fully saturated rings. The fourth-order valence-electron chi connectivity index (χ4n) is 2.92. The minimum atomic E-state index is -0.183. The number of para-hydroxylation sites is 1. The first kappa shape index (κ1) is 15.5. The maximum absolute atomic E-state index is 12.6. The van der Waals surface area contributed by atoms with Gasteiger partial charge in [-0.25, -0.2) is 9.97 Å². The van der Waals surface area contributed by atoms with Gasteiger partial charge in [0.15, 0.2) is 0 Å². The average Bonchev–Trinajstić information content (AvgIpc) is 3.11. The molecule has 0 bridgehead atoms. The van der Waals surface area contributed by atoms with Gasteiger partial charge in [-0.3, -0.25) is 4.79 Å². The lowest BCUT2D eigenvalue weighted by Gasteiger charge is -2.16. The number of rotatable bonds is 4.